The molecule has 0 saturated carbocycles. The molecule has 0 aromatic carbocycles. The van der Waals surface area contributed by atoms with Crippen molar-refractivity contribution in [2.24, 2.45) is 0 Å². The molecule has 0 aliphatic rings. The van der Waals surface area contributed by atoms with Crippen LogP contribution in [0.4, 0.5) is 0 Å². The fraction of sp³-hybridized carbons (Fsp3) is 0.692. The lowest BCUT2D eigenvalue weighted by Crippen LogP contribution is -2.21. The van der Waals surface area contributed by atoms with Gasteiger partial charge < -0.3 is 4.42 Å². The lowest BCUT2D eigenvalue weighted by atomic mass is 9.78. The summed E-state index contributed by atoms with van der Waals surface area (Å²) in [4.78, 5) is 0. The van der Waals surface area contributed by atoms with Crippen LogP contribution in [0.1, 0.15) is 59.3 Å². The topological polar surface area (TPSA) is 13.1 Å². The van der Waals surface area contributed by atoms with E-state index in [4.69, 9.17) is 4.42 Å². The van der Waals surface area contributed by atoms with Crippen molar-refractivity contribution in [1.29, 1.82) is 0 Å². The van der Waals surface area contributed by atoms with E-state index in [1.165, 1.54) is 5.56 Å². The quantitative estimate of drug-likeness (QED) is 0.685. The minimum Gasteiger partial charge on any atom is -0.468 e. The van der Waals surface area contributed by atoms with E-state index >= 15 is 0 Å². The summed E-state index contributed by atoms with van der Waals surface area (Å²) in [5, 5.41) is 0. The molecule has 1 aromatic rings. The summed E-state index contributed by atoms with van der Waals surface area (Å²) in [5.74, 6) is 1.15. The van der Waals surface area contributed by atoms with Gasteiger partial charge in [0.25, 0.3) is 0 Å². The normalized spacial score (nSPS) is 13.3. The van der Waals surface area contributed by atoms with Gasteiger partial charge in [0.2, 0.25) is 0 Å². The van der Waals surface area contributed by atoms with Crippen LogP contribution in [-0.4, -0.2) is 0 Å². The minimum atomic E-state index is 0.145. The molecule has 0 amide bonds. The summed E-state index contributed by atoms with van der Waals surface area (Å²) >= 11 is 0. The second-order valence-electron chi connectivity index (χ2n) is 5.65. The van der Waals surface area contributed by atoms with Crippen molar-refractivity contribution in [3.05, 3.63) is 23.7 Å². The Morgan fingerprint density at radius 2 is 1.71 bits per heavy atom. The van der Waals surface area contributed by atoms with Crippen LogP contribution < -0.4 is 0 Å². The summed E-state index contributed by atoms with van der Waals surface area (Å²) in [5.41, 5.74) is 1.66. The zero-order chi connectivity index (χ0) is 11.0. The van der Waals surface area contributed by atoms with Crippen molar-refractivity contribution in [3.63, 3.8) is 0 Å². The first-order valence-electron chi connectivity index (χ1n) is 5.37. The molecule has 0 spiro atoms. The molecule has 0 bridgehead atoms. The standard InChI is InChI=1S/C13H22O/c1-7-13(5,6)11-10(8-9-14-11)12(2,3)4/h8-9H,7H2,1-6H3. The lowest BCUT2D eigenvalue weighted by molar-refractivity contribution is 0.361. The third kappa shape index (κ3) is 2.02. The summed E-state index contributed by atoms with van der Waals surface area (Å²) in [6, 6.07) is 2.10. The van der Waals surface area contributed by atoms with Crippen LogP contribution in [0, 0.1) is 0 Å². The van der Waals surface area contributed by atoms with Gasteiger partial charge in [-0.3, -0.25) is 0 Å². The zero-order valence-electron chi connectivity index (χ0n) is 10.3. The molecule has 0 aliphatic heterocycles. The van der Waals surface area contributed by atoms with Crippen LogP contribution in [0.25, 0.3) is 0 Å². The van der Waals surface area contributed by atoms with E-state index in [9.17, 15) is 0 Å². The van der Waals surface area contributed by atoms with Gasteiger partial charge in [0, 0.05) is 5.41 Å². The van der Waals surface area contributed by atoms with Crippen LogP contribution in [0.3, 0.4) is 0 Å². The Labute approximate surface area is 87.5 Å². The summed E-state index contributed by atoms with van der Waals surface area (Å²) in [6.45, 7) is 13.4. The van der Waals surface area contributed by atoms with Gasteiger partial charge in [0.15, 0.2) is 0 Å². The number of hydrogen-bond acceptors (Lipinski definition) is 1. The van der Waals surface area contributed by atoms with Gasteiger partial charge in [-0.15, -0.1) is 0 Å². The van der Waals surface area contributed by atoms with Gasteiger partial charge in [0.1, 0.15) is 5.76 Å². The van der Waals surface area contributed by atoms with Crippen molar-refractivity contribution in [1.82, 2.24) is 0 Å². The van der Waals surface area contributed by atoms with Crippen LogP contribution >= 0.6 is 0 Å². The second-order valence-corrected chi connectivity index (χ2v) is 5.65. The molecule has 0 unspecified atom stereocenters. The fourth-order valence-corrected chi connectivity index (χ4v) is 1.58. The Morgan fingerprint density at radius 1 is 1.14 bits per heavy atom. The van der Waals surface area contributed by atoms with E-state index in [1.807, 2.05) is 6.26 Å². The van der Waals surface area contributed by atoms with E-state index in [-0.39, 0.29) is 10.8 Å². The third-order valence-corrected chi connectivity index (χ3v) is 2.97. The fourth-order valence-electron chi connectivity index (χ4n) is 1.58. The zero-order valence-corrected chi connectivity index (χ0v) is 10.3. The molecular formula is C13H22O. The van der Waals surface area contributed by atoms with Crippen LogP contribution in [0.5, 0.6) is 0 Å². The number of rotatable bonds is 2. The smallest absolute Gasteiger partial charge is 0.113 e. The first-order chi connectivity index (χ1) is 6.29. The van der Waals surface area contributed by atoms with E-state index in [0.29, 0.717) is 0 Å². The molecule has 1 nitrogen and oxygen atoms in total. The highest BCUT2D eigenvalue weighted by Crippen LogP contribution is 2.36. The summed E-state index contributed by atoms with van der Waals surface area (Å²) in [7, 11) is 0. The van der Waals surface area contributed by atoms with Gasteiger partial charge in [0.05, 0.1) is 6.26 Å². The van der Waals surface area contributed by atoms with Gasteiger partial charge in [-0.1, -0.05) is 41.5 Å². The Balaban J connectivity index is 3.18. The largest absolute Gasteiger partial charge is 0.468 e. The van der Waals surface area contributed by atoms with Crippen LogP contribution in [0.2, 0.25) is 0 Å². The van der Waals surface area contributed by atoms with E-state index in [0.717, 1.165) is 12.2 Å². The Hall–Kier alpha value is -0.720. The summed E-state index contributed by atoms with van der Waals surface area (Å²) in [6.07, 6.45) is 2.91. The molecule has 0 fully saturated rings. The molecule has 1 heteroatoms. The maximum atomic E-state index is 5.65. The van der Waals surface area contributed by atoms with Crippen molar-refractivity contribution in [2.45, 2.75) is 58.8 Å². The molecule has 0 atom stereocenters. The monoisotopic (exact) mass is 194 g/mol. The lowest BCUT2D eigenvalue weighted by Gasteiger charge is -2.26. The highest BCUT2D eigenvalue weighted by molar-refractivity contribution is 5.30. The van der Waals surface area contributed by atoms with Gasteiger partial charge in [-0.25, -0.2) is 0 Å². The van der Waals surface area contributed by atoms with Gasteiger partial charge >= 0.3 is 0 Å². The molecule has 0 radical (unpaired) electrons. The van der Waals surface area contributed by atoms with Crippen molar-refractivity contribution in [2.75, 3.05) is 0 Å². The van der Waals surface area contributed by atoms with Crippen LogP contribution in [-0.2, 0) is 10.8 Å². The van der Waals surface area contributed by atoms with E-state index in [2.05, 4.69) is 47.6 Å². The Morgan fingerprint density at radius 3 is 2.14 bits per heavy atom. The number of furan rings is 1. The van der Waals surface area contributed by atoms with E-state index < -0.39 is 0 Å². The summed E-state index contributed by atoms with van der Waals surface area (Å²) < 4.78 is 5.65. The molecule has 0 N–H and O–H groups in total. The van der Waals surface area contributed by atoms with Crippen molar-refractivity contribution < 1.29 is 4.42 Å². The molecule has 1 heterocycles. The molecule has 14 heavy (non-hydrogen) atoms. The van der Waals surface area contributed by atoms with Crippen molar-refractivity contribution in [3.8, 4) is 0 Å². The highest BCUT2D eigenvalue weighted by atomic mass is 16.3. The predicted octanol–water partition coefficient (Wildman–Crippen LogP) is 4.26. The molecule has 0 aliphatic carbocycles. The molecule has 1 rings (SSSR count). The van der Waals surface area contributed by atoms with E-state index in [1.54, 1.807) is 0 Å². The Kier molecular flexibility index (Phi) is 2.80. The number of hydrogen-bond donors (Lipinski definition) is 0. The first kappa shape index (κ1) is 11.4. The molecule has 1 aromatic heterocycles. The van der Waals surface area contributed by atoms with Crippen LogP contribution in [0.15, 0.2) is 16.7 Å². The first-order valence-corrected chi connectivity index (χ1v) is 5.37. The second kappa shape index (κ2) is 3.45. The molecular weight excluding hydrogens is 172 g/mol. The minimum absolute atomic E-state index is 0.145. The predicted molar refractivity (Wildman–Crippen MR) is 60.7 cm³/mol. The maximum absolute atomic E-state index is 5.65. The van der Waals surface area contributed by atoms with Gasteiger partial charge in [-0.05, 0) is 23.5 Å². The Bertz CT molecular complexity index is 299. The van der Waals surface area contributed by atoms with Gasteiger partial charge in [-0.2, -0.15) is 0 Å². The highest BCUT2D eigenvalue weighted by Gasteiger charge is 2.29. The molecule has 0 saturated heterocycles. The maximum Gasteiger partial charge on any atom is 0.113 e. The average Bonchev–Trinajstić information content (AvgIpc) is 2.51. The third-order valence-electron chi connectivity index (χ3n) is 2.97. The average molecular weight is 194 g/mol. The molecule has 80 valence electrons. The van der Waals surface area contributed by atoms with Crippen molar-refractivity contribution >= 4 is 0 Å². The SMILES string of the molecule is CCC(C)(C)c1occc1C(C)(C)C.